The molecule has 9 heteroatoms. The van der Waals surface area contributed by atoms with E-state index in [0.717, 1.165) is 22.2 Å². The Morgan fingerprint density at radius 2 is 1.88 bits per heavy atom. The first-order valence-electron chi connectivity index (χ1n) is 10.2. The topological polar surface area (TPSA) is 136 Å². The molecular formula is C23H26N4O5. The number of urea groups is 1. The van der Waals surface area contributed by atoms with E-state index >= 15 is 0 Å². The van der Waals surface area contributed by atoms with Crippen LogP contribution >= 0.6 is 0 Å². The summed E-state index contributed by atoms with van der Waals surface area (Å²) in [6.07, 6.45) is 2.33. The quantitative estimate of drug-likeness (QED) is 0.341. The van der Waals surface area contributed by atoms with E-state index in [0.29, 0.717) is 13.0 Å². The van der Waals surface area contributed by atoms with Crippen LogP contribution in [-0.2, 0) is 22.7 Å². The summed E-state index contributed by atoms with van der Waals surface area (Å²) in [6.45, 7) is 0.684. The molecule has 0 bridgehead atoms. The third kappa shape index (κ3) is 6.49. The predicted molar refractivity (Wildman–Crippen MR) is 119 cm³/mol. The molecule has 9 nitrogen and oxygen atoms in total. The fraction of sp³-hybridized carbons (Fsp3) is 0.261. The molecular weight excluding hydrogens is 412 g/mol. The minimum atomic E-state index is -1.13. The normalized spacial score (nSPS) is 11.6. The molecule has 0 spiro atoms. The van der Waals surface area contributed by atoms with Crippen LogP contribution in [-0.4, -0.2) is 40.2 Å². The number of benzene rings is 2. The van der Waals surface area contributed by atoms with Gasteiger partial charge in [-0.3, -0.25) is 4.79 Å². The molecule has 32 heavy (non-hydrogen) atoms. The van der Waals surface area contributed by atoms with Crippen molar-refractivity contribution in [2.75, 3.05) is 6.54 Å². The largest absolute Gasteiger partial charge is 0.489 e. The van der Waals surface area contributed by atoms with Gasteiger partial charge in [0.1, 0.15) is 24.9 Å². The Kier molecular flexibility index (Phi) is 7.69. The molecule has 0 aliphatic rings. The molecule has 0 aliphatic heterocycles. The maximum Gasteiger partial charge on any atom is 0.326 e. The first kappa shape index (κ1) is 22.7. The Morgan fingerprint density at radius 1 is 1.09 bits per heavy atom. The SMILES string of the molecule is NC(=O)NCCC[C@H](NC(=O)Cn1ccc2cc(OCc3ccccc3)ccc21)C(=O)O. The van der Waals surface area contributed by atoms with Crippen LogP contribution in [0.25, 0.3) is 10.9 Å². The Balaban J connectivity index is 1.57. The van der Waals surface area contributed by atoms with Crippen molar-refractivity contribution in [3.63, 3.8) is 0 Å². The van der Waals surface area contributed by atoms with E-state index in [-0.39, 0.29) is 19.5 Å². The number of ether oxygens (including phenoxy) is 1. The molecule has 1 aromatic heterocycles. The van der Waals surface area contributed by atoms with Gasteiger partial charge in [0, 0.05) is 23.6 Å². The van der Waals surface area contributed by atoms with E-state index in [4.69, 9.17) is 10.5 Å². The molecule has 2 aromatic carbocycles. The summed E-state index contributed by atoms with van der Waals surface area (Å²) in [7, 11) is 0. The summed E-state index contributed by atoms with van der Waals surface area (Å²) in [4.78, 5) is 34.5. The second-order valence-corrected chi connectivity index (χ2v) is 7.33. The molecule has 3 amide bonds. The lowest BCUT2D eigenvalue weighted by molar-refractivity contribution is -0.142. The van der Waals surface area contributed by atoms with Crippen molar-refractivity contribution in [1.29, 1.82) is 0 Å². The number of rotatable bonds is 11. The number of carboxylic acids is 1. The highest BCUT2D eigenvalue weighted by Crippen LogP contribution is 2.23. The number of nitrogens with two attached hydrogens (primary N) is 1. The summed E-state index contributed by atoms with van der Waals surface area (Å²) >= 11 is 0. The number of carboxylic acid groups (broad SMARTS) is 1. The van der Waals surface area contributed by atoms with Gasteiger partial charge in [0.2, 0.25) is 5.91 Å². The number of hydrogen-bond donors (Lipinski definition) is 4. The van der Waals surface area contributed by atoms with Crippen LogP contribution in [0.15, 0.2) is 60.8 Å². The molecule has 0 saturated carbocycles. The molecule has 1 heterocycles. The number of primary amides is 1. The lowest BCUT2D eigenvalue weighted by Crippen LogP contribution is -2.42. The molecule has 0 unspecified atom stereocenters. The summed E-state index contributed by atoms with van der Waals surface area (Å²) in [5, 5.41) is 15.2. The van der Waals surface area contributed by atoms with Crippen molar-refractivity contribution >= 4 is 28.8 Å². The van der Waals surface area contributed by atoms with Gasteiger partial charge < -0.3 is 30.8 Å². The monoisotopic (exact) mass is 438 g/mol. The lowest BCUT2D eigenvalue weighted by atomic mass is 10.1. The zero-order valence-corrected chi connectivity index (χ0v) is 17.5. The second kappa shape index (κ2) is 10.9. The number of nitrogens with zero attached hydrogens (tertiary/aromatic N) is 1. The number of fused-ring (bicyclic) bond motifs is 1. The van der Waals surface area contributed by atoms with Crippen LogP contribution in [0.4, 0.5) is 4.79 Å². The predicted octanol–water partition coefficient (Wildman–Crippen LogP) is 2.24. The van der Waals surface area contributed by atoms with Crippen LogP contribution in [0.3, 0.4) is 0 Å². The Morgan fingerprint density at radius 3 is 2.59 bits per heavy atom. The van der Waals surface area contributed by atoms with E-state index in [9.17, 15) is 19.5 Å². The zero-order valence-electron chi connectivity index (χ0n) is 17.5. The van der Waals surface area contributed by atoms with Gasteiger partial charge in [-0.2, -0.15) is 0 Å². The van der Waals surface area contributed by atoms with Crippen LogP contribution in [0.2, 0.25) is 0 Å². The Bertz CT molecular complexity index is 1080. The van der Waals surface area contributed by atoms with Gasteiger partial charge in [-0.1, -0.05) is 30.3 Å². The molecule has 168 valence electrons. The average Bonchev–Trinajstić information content (AvgIpc) is 3.16. The van der Waals surface area contributed by atoms with Crippen LogP contribution in [0, 0.1) is 0 Å². The van der Waals surface area contributed by atoms with Crippen LogP contribution in [0.1, 0.15) is 18.4 Å². The molecule has 0 radical (unpaired) electrons. The van der Waals surface area contributed by atoms with E-state index < -0.39 is 23.9 Å². The van der Waals surface area contributed by atoms with Crippen molar-refractivity contribution in [2.45, 2.75) is 32.0 Å². The van der Waals surface area contributed by atoms with Gasteiger partial charge in [-0.15, -0.1) is 0 Å². The maximum absolute atomic E-state index is 12.4. The van der Waals surface area contributed by atoms with E-state index in [1.807, 2.05) is 54.6 Å². The molecule has 0 aliphatic carbocycles. The van der Waals surface area contributed by atoms with Crippen LogP contribution in [0.5, 0.6) is 5.75 Å². The van der Waals surface area contributed by atoms with Gasteiger partial charge in [-0.25, -0.2) is 9.59 Å². The lowest BCUT2D eigenvalue weighted by Gasteiger charge is -2.15. The molecule has 3 rings (SSSR count). The highest BCUT2D eigenvalue weighted by Gasteiger charge is 2.20. The molecule has 0 saturated heterocycles. The number of carbonyl (C=O) groups excluding carboxylic acids is 2. The van der Waals surface area contributed by atoms with Crippen molar-refractivity contribution in [3.05, 3.63) is 66.4 Å². The Hall–Kier alpha value is -4.01. The number of aliphatic carboxylic acids is 1. The summed E-state index contributed by atoms with van der Waals surface area (Å²) in [5.74, 6) is -0.823. The smallest absolute Gasteiger partial charge is 0.326 e. The minimum Gasteiger partial charge on any atom is -0.489 e. The standard InChI is InChI=1S/C23H26N4O5/c24-23(31)25-11-4-7-19(22(29)30)26-21(28)14-27-12-10-17-13-18(8-9-20(17)27)32-15-16-5-2-1-3-6-16/h1-3,5-6,8-10,12-13,19H,4,7,11,14-15H2,(H,26,28)(H,29,30)(H3,24,25,31)/t19-/m0/s1. The van der Waals surface area contributed by atoms with Gasteiger partial charge >= 0.3 is 12.0 Å². The van der Waals surface area contributed by atoms with Gasteiger partial charge in [0.15, 0.2) is 0 Å². The van der Waals surface area contributed by atoms with Crippen molar-refractivity contribution < 1.29 is 24.2 Å². The zero-order chi connectivity index (χ0) is 22.9. The van der Waals surface area contributed by atoms with E-state index in [2.05, 4.69) is 10.6 Å². The molecule has 0 fully saturated rings. The molecule has 5 N–H and O–H groups in total. The highest BCUT2D eigenvalue weighted by molar-refractivity contribution is 5.86. The number of nitrogens with one attached hydrogen (secondary N) is 2. The number of carbonyl (C=O) groups is 3. The Labute approximate surface area is 185 Å². The van der Waals surface area contributed by atoms with Crippen molar-refractivity contribution in [3.8, 4) is 5.75 Å². The van der Waals surface area contributed by atoms with Crippen LogP contribution < -0.4 is 21.1 Å². The van der Waals surface area contributed by atoms with Gasteiger partial charge in [0.05, 0.1) is 0 Å². The fourth-order valence-corrected chi connectivity index (χ4v) is 3.32. The first-order chi connectivity index (χ1) is 15.4. The molecule has 1 atom stereocenters. The highest BCUT2D eigenvalue weighted by atomic mass is 16.5. The number of aromatic nitrogens is 1. The molecule has 3 aromatic rings. The maximum atomic E-state index is 12.4. The third-order valence-electron chi connectivity index (χ3n) is 4.91. The third-order valence-corrected chi connectivity index (χ3v) is 4.91. The fourth-order valence-electron chi connectivity index (χ4n) is 3.32. The first-order valence-corrected chi connectivity index (χ1v) is 10.2. The summed E-state index contributed by atoms with van der Waals surface area (Å²) in [6, 6.07) is 15.6. The average molecular weight is 438 g/mol. The number of amides is 3. The van der Waals surface area contributed by atoms with E-state index in [1.165, 1.54) is 0 Å². The van der Waals surface area contributed by atoms with Crippen molar-refractivity contribution in [2.24, 2.45) is 5.73 Å². The summed E-state index contributed by atoms with van der Waals surface area (Å²) in [5.41, 5.74) is 6.88. The van der Waals surface area contributed by atoms with Gasteiger partial charge in [-0.05, 0) is 42.7 Å². The second-order valence-electron chi connectivity index (χ2n) is 7.33. The van der Waals surface area contributed by atoms with Gasteiger partial charge in [0.25, 0.3) is 0 Å². The minimum absolute atomic E-state index is 0.0168. The van der Waals surface area contributed by atoms with E-state index in [1.54, 1.807) is 10.8 Å². The van der Waals surface area contributed by atoms with Crippen molar-refractivity contribution in [1.82, 2.24) is 15.2 Å². The number of hydrogen-bond acceptors (Lipinski definition) is 4. The summed E-state index contributed by atoms with van der Waals surface area (Å²) < 4.78 is 7.59.